The Morgan fingerprint density at radius 2 is 2.54 bits per heavy atom. The van der Waals surface area contributed by atoms with Gasteiger partial charge in [0.25, 0.3) is 0 Å². The lowest BCUT2D eigenvalue weighted by Gasteiger charge is -2.21. The highest BCUT2D eigenvalue weighted by molar-refractivity contribution is 4.86. The second-order valence-corrected chi connectivity index (χ2v) is 3.37. The maximum Gasteiger partial charge on any atom is 0.0510 e. The predicted octanol–water partition coefficient (Wildman–Crippen LogP) is -0.0369. The van der Waals surface area contributed by atoms with Crippen LogP contribution in [-0.2, 0) is 4.74 Å². The molecule has 2 atom stereocenters. The van der Waals surface area contributed by atoms with Crippen molar-refractivity contribution in [2.75, 3.05) is 26.3 Å². The predicted molar refractivity (Wildman–Crippen MR) is 53.2 cm³/mol. The third-order valence-corrected chi connectivity index (χ3v) is 2.46. The van der Waals surface area contributed by atoms with Crippen LogP contribution in [0.5, 0.6) is 0 Å². The van der Waals surface area contributed by atoms with Gasteiger partial charge in [0.2, 0.25) is 0 Å². The second-order valence-electron chi connectivity index (χ2n) is 3.37. The summed E-state index contributed by atoms with van der Waals surface area (Å²) in [4.78, 5) is 0. The Labute approximate surface area is 80.0 Å². The molecule has 74 valence electrons. The van der Waals surface area contributed by atoms with Crippen LogP contribution in [0, 0.1) is 18.3 Å². The van der Waals surface area contributed by atoms with Gasteiger partial charge in [-0.15, -0.1) is 12.3 Å². The van der Waals surface area contributed by atoms with Crippen molar-refractivity contribution in [2.45, 2.75) is 18.9 Å². The summed E-state index contributed by atoms with van der Waals surface area (Å²) in [6, 6.07) is 0.371. The van der Waals surface area contributed by atoms with Crippen LogP contribution < -0.4 is 11.1 Å². The Hall–Kier alpha value is -0.560. The van der Waals surface area contributed by atoms with E-state index in [1.807, 2.05) is 0 Å². The average molecular weight is 182 g/mol. The standard InChI is InChI=1S/C10H18N2O/c1-2-3-5-12-10(7-11)9-4-6-13-8-9/h1,9-10,12H,3-8,11H2. The molecule has 1 fully saturated rings. The monoisotopic (exact) mass is 182 g/mol. The molecule has 0 aromatic heterocycles. The van der Waals surface area contributed by atoms with Gasteiger partial charge in [0.05, 0.1) is 6.61 Å². The highest BCUT2D eigenvalue weighted by atomic mass is 16.5. The molecule has 13 heavy (non-hydrogen) atoms. The van der Waals surface area contributed by atoms with Gasteiger partial charge in [0.15, 0.2) is 0 Å². The van der Waals surface area contributed by atoms with Crippen molar-refractivity contribution in [3.63, 3.8) is 0 Å². The van der Waals surface area contributed by atoms with Crippen LogP contribution in [0.15, 0.2) is 0 Å². The van der Waals surface area contributed by atoms with E-state index in [2.05, 4.69) is 11.2 Å². The maximum atomic E-state index is 5.67. The molecule has 0 spiro atoms. The van der Waals surface area contributed by atoms with Gasteiger partial charge in [-0.05, 0) is 6.42 Å². The lowest BCUT2D eigenvalue weighted by Crippen LogP contribution is -2.42. The zero-order valence-electron chi connectivity index (χ0n) is 7.96. The van der Waals surface area contributed by atoms with Gasteiger partial charge in [-0.25, -0.2) is 0 Å². The second kappa shape index (κ2) is 5.98. The summed E-state index contributed by atoms with van der Waals surface area (Å²) < 4.78 is 5.31. The third kappa shape index (κ3) is 3.35. The van der Waals surface area contributed by atoms with E-state index in [4.69, 9.17) is 16.9 Å². The Kier molecular flexibility index (Phi) is 4.84. The van der Waals surface area contributed by atoms with Crippen LogP contribution in [0.3, 0.4) is 0 Å². The van der Waals surface area contributed by atoms with Crippen molar-refractivity contribution in [1.82, 2.24) is 5.32 Å². The van der Waals surface area contributed by atoms with Gasteiger partial charge < -0.3 is 15.8 Å². The summed E-state index contributed by atoms with van der Waals surface area (Å²) in [5.41, 5.74) is 5.67. The summed E-state index contributed by atoms with van der Waals surface area (Å²) in [5, 5.41) is 3.36. The first-order valence-electron chi connectivity index (χ1n) is 4.83. The quantitative estimate of drug-likeness (QED) is 0.463. The topological polar surface area (TPSA) is 47.3 Å². The van der Waals surface area contributed by atoms with Crippen LogP contribution in [0.2, 0.25) is 0 Å². The summed E-state index contributed by atoms with van der Waals surface area (Å²) >= 11 is 0. The molecule has 1 aliphatic rings. The number of nitrogens with two attached hydrogens (primary N) is 1. The van der Waals surface area contributed by atoms with Gasteiger partial charge in [0.1, 0.15) is 0 Å². The molecular weight excluding hydrogens is 164 g/mol. The number of hydrogen-bond donors (Lipinski definition) is 2. The minimum absolute atomic E-state index is 0.371. The van der Waals surface area contributed by atoms with E-state index in [-0.39, 0.29) is 0 Å². The fourth-order valence-corrected chi connectivity index (χ4v) is 1.64. The number of nitrogens with one attached hydrogen (secondary N) is 1. The Balaban J connectivity index is 2.21. The van der Waals surface area contributed by atoms with Gasteiger partial charge >= 0.3 is 0 Å². The van der Waals surface area contributed by atoms with Crippen LogP contribution in [0.25, 0.3) is 0 Å². The van der Waals surface area contributed by atoms with Gasteiger partial charge in [-0.2, -0.15) is 0 Å². The van der Waals surface area contributed by atoms with Crippen LogP contribution in [-0.4, -0.2) is 32.3 Å². The van der Waals surface area contributed by atoms with E-state index < -0.39 is 0 Å². The van der Waals surface area contributed by atoms with E-state index in [1.165, 1.54) is 0 Å². The molecule has 1 saturated heterocycles. The molecular formula is C10H18N2O. The fourth-order valence-electron chi connectivity index (χ4n) is 1.64. The largest absolute Gasteiger partial charge is 0.381 e. The van der Waals surface area contributed by atoms with Gasteiger partial charge in [-0.1, -0.05) is 0 Å². The summed E-state index contributed by atoms with van der Waals surface area (Å²) in [6.07, 6.45) is 7.05. The molecule has 1 heterocycles. The normalized spacial score (nSPS) is 24.2. The molecule has 0 amide bonds. The van der Waals surface area contributed by atoms with Crippen molar-refractivity contribution in [3.05, 3.63) is 0 Å². The Morgan fingerprint density at radius 1 is 1.69 bits per heavy atom. The molecule has 3 heteroatoms. The minimum atomic E-state index is 0.371. The van der Waals surface area contributed by atoms with E-state index in [1.54, 1.807) is 0 Å². The molecule has 1 aliphatic heterocycles. The van der Waals surface area contributed by atoms with Crippen molar-refractivity contribution >= 4 is 0 Å². The highest BCUT2D eigenvalue weighted by Gasteiger charge is 2.23. The van der Waals surface area contributed by atoms with E-state index in [0.29, 0.717) is 18.5 Å². The summed E-state index contributed by atoms with van der Waals surface area (Å²) in [6.45, 7) is 3.23. The molecule has 1 rings (SSSR count). The zero-order chi connectivity index (χ0) is 9.52. The molecule has 0 aliphatic carbocycles. The minimum Gasteiger partial charge on any atom is -0.381 e. The number of rotatable bonds is 5. The van der Waals surface area contributed by atoms with Crippen molar-refractivity contribution in [1.29, 1.82) is 0 Å². The van der Waals surface area contributed by atoms with Gasteiger partial charge in [0, 0.05) is 38.1 Å². The smallest absolute Gasteiger partial charge is 0.0510 e. The van der Waals surface area contributed by atoms with E-state index in [0.717, 1.165) is 32.6 Å². The van der Waals surface area contributed by atoms with Crippen molar-refractivity contribution in [2.24, 2.45) is 11.7 Å². The molecule has 0 radical (unpaired) electrons. The van der Waals surface area contributed by atoms with Crippen LogP contribution >= 0.6 is 0 Å². The van der Waals surface area contributed by atoms with E-state index >= 15 is 0 Å². The average Bonchev–Trinajstić information content (AvgIpc) is 2.65. The first-order chi connectivity index (χ1) is 6.38. The Morgan fingerprint density at radius 3 is 3.08 bits per heavy atom. The zero-order valence-corrected chi connectivity index (χ0v) is 7.96. The molecule has 0 bridgehead atoms. The summed E-state index contributed by atoms with van der Waals surface area (Å²) in [5.74, 6) is 3.18. The van der Waals surface area contributed by atoms with Gasteiger partial charge in [-0.3, -0.25) is 0 Å². The molecule has 3 nitrogen and oxygen atoms in total. The maximum absolute atomic E-state index is 5.67. The molecule has 0 saturated carbocycles. The molecule has 0 aromatic carbocycles. The first kappa shape index (κ1) is 10.5. The number of hydrogen-bond acceptors (Lipinski definition) is 3. The highest BCUT2D eigenvalue weighted by Crippen LogP contribution is 2.15. The SMILES string of the molecule is C#CCCNC(CN)C1CCOC1. The van der Waals surface area contributed by atoms with Crippen molar-refractivity contribution in [3.8, 4) is 12.3 Å². The lowest BCUT2D eigenvalue weighted by atomic mass is 9.99. The number of ether oxygens (including phenoxy) is 1. The van der Waals surface area contributed by atoms with E-state index in [9.17, 15) is 0 Å². The Bertz CT molecular complexity index is 170. The lowest BCUT2D eigenvalue weighted by molar-refractivity contribution is 0.177. The van der Waals surface area contributed by atoms with Crippen molar-refractivity contribution < 1.29 is 4.74 Å². The third-order valence-electron chi connectivity index (χ3n) is 2.46. The van der Waals surface area contributed by atoms with Crippen LogP contribution in [0.1, 0.15) is 12.8 Å². The fraction of sp³-hybridized carbons (Fsp3) is 0.800. The first-order valence-corrected chi connectivity index (χ1v) is 4.83. The molecule has 0 aromatic rings. The number of terminal acetylenes is 1. The van der Waals surface area contributed by atoms with Crippen LogP contribution in [0.4, 0.5) is 0 Å². The molecule has 2 unspecified atom stereocenters. The summed E-state index contributed by atoms with van der Waals surface area (Å²) in [7, 11) is 0. The molecule has 3 N–H and O–H groups in total.